The van der Waals surface area contributed by atoms with Crippen molar-refractivity contribution in [2.24, 2.45) is 5.41 Å². The highest BCUT2D eigenvalue weighted by molar-refractivity contribution is 7.90. The van der Waals surface area contributed by atoms with Gasteiger partial charge in [0.1, 0.15) is 6.54 Å². The minimum Gasteiger partial charge on any atom is -0.324 e. The van der Waals surface area contributed by atoms with Crippen molar-refractivity contribution in [2.45, 2.75) is 43.4 Å². The monoisotopic (exact) mass is 378 g/mol. The van der Waals surface area contributed by atoms with Crippen LogP contribution in [0.15, 0.2) is 29.2 Å². The van der Waals surface area contributed by atoms with Crippen molar-refractivity contribution in [3.63, 3.8) is 0 Å². The van der Waals surface area contributed by atoms with E-state index in [4.69, 9.17) is 0 Å². The molecule has 2 fully saturated rings. The lowest BCUT2D eigenvalue weighted by molar-refractivity contribution is -0.144. The van der Waals surface area contributed by atoms with Gasteiger partial charge in [0.2, 0.25) is 17.7 Å². The smallest absolute Gasteiger partial charge is 0.244 e. The number of nitrogens with one attached hydrogen (secondary N) is 1. The topological polar surface area (TPSA) is 101 Å². The molecule has 0 bridgehead atoms. The third-order valence-electron chi connectivity index (χ3n) is 5.15. The maximum absolute atomic E-state index is 12.7. The summed E-state index contributed by atoms with van der Waals surface area (Å²) in [6.45, 7) is -0.345. The lowest BCUT2D eigenvalue weighted by atomic mass is 9.73. The zero-order valence-electron chi connectivity index (χ0n) is 14.7. The van der Waals surface area contributed by atoms with Gasteiger partial charge in [0.25, 0.3) is 0 Å². The van der Waals surface area contributed by atoms with E-state index < -0.39 is 21.2 Å². The molecule has 3 amide bonds. The van der Waals surface area contributed by atoms with E-state index in [0.29, 0.717) is 18.5 Å². The van der Waals surface area contributed by atoms with Crippen LogP contribution in [0.2, 0.25) is 0 Å². The fourth-order valence-electron chi connectivity index (χ4n) is 3.79. The first-order valence-electron chi connectivity index (χ1n) is 8.66. The summed E-state index contributed by atoms with van der Waals surface area (Å²) in [7, 11) is -3.39. The number of likely N-dealkylation sites (tertiary alicyclic amines) is 1. The predicted molar refractivity (Wildman–Crippen MR) is 95.0 cm³/mol. The molecule has 26 heavy (non-hydrogen) atoms. The number of amides is 3. The molecule has 1 saturated carbocycles. The van der Waals surface area contributed by atoms with Gasteiger partial charge >= 0.3 is 0 Å². The van der Waals surface area contributed by atoms with Crippen LogP contribution in [-0.4, -0.2) is 43.8 Å². The van der Waals surface area contributed by atoms with Gasteiger partial charge in [0, 0.05) is 18.4 Å². The summed E-state index contributed by atoms with van der Waals surface area (Å²) in [6.07, 6.45) is 5.59. The van der Waals surface area contributed by atoms with Crippen molar-refractivity contribution in [1.82, 2.24) is 4.90 Å². The predicted octanol–water partition coefficient (Wildman–Crippen LogP) is 1.74. The van der Waals surface area contributed by atoms with Crippen LogP contribution < -0.4 is 5.32 Å². The second-order valence-corrected chi connectivity index (χ2v) is 9.17. The van der Waals surface area contributed by atoms with Crippen molar-refractivity contribution in [3.05, 3.63) is 24.3 Å². The Morgan fingerprint density at radius 3 is 2.54 bits per heavy atom. The SMILES string of the molecule is CS(=O)(=O)c1cccc(NC(=O)CN2C(=O)CC3(CCCCC3)C2=O)c1. The zero-order valence-corrected chi connectivity index (χ0v) is 15.5. The Morgan fingerprint density at radius 1 is 1.19 bits per heavy atom. The normalized spacial score (nSPS) is 19.8. The van der Waals surface area contributed by atoms with Crippen LogP contribution >= 0.6 is 0 Å². The van der Waals surface area contributed by atoms with E-state index in [-0.39, 0.29) is 29.7 Å². The van der Waals surface area contributed by atoms with Crippen LogP contribution in [0.3, 0.4) is 0 Å². The number of hydrogen-bond acceptors (Lipinski definition) is 5. The van der Waals surface area contributed by atoms with Crippen LogP contribution in [-0.2, 0) is 24.2 Å². The molecule has 0 radical (unpaired) electrons. The van der Waals surface area contributed by atoms with Gasteiger partial charge in [0.15, 0.2) is 9.84 Å². The molecule has 0 aromatic heterocycles. The van der Waals surface area contributed by atoms with Crippen molar-refractivity contribution >= 4 is 33.2 Å². The molecule has 0 atom stereocenters. The molecule has 7 nitrogen and oxygen atoms in total. The Balaban J connectivity index is 1.69. The molecule has 1 heterocycles. The van der Waals surface area contributed by atoms with E-state index in [1.54, 1.807) is 6.07 Å². The Hall–Kier alpha value is -2.22. The van der Waals surface area contributed by atoms with Gasteiger partial charge in [0.05, 0.1) is 10.3 Å². The number of hydrogen-bond donors (Lipinski definition) is 1. The summed E-state index contributed by atoms with van der Waals surface area (Å²) >= 11 is 0. The molecule has 1 spiro atoms. The minimum atomic E-state index is -3.39. The summed E-state index contributed by atoms with van der Waals surface area (Å²) in [5.41, 5.74) is -0.310. The Morgan fingerprint density at radius 2 is 1.88 bits per heavy atom. The number of rotatable bonds is 4. The first kappa shape index (κ1) is 18.6. The van der Waals surface area contributed by atoms with Gasteiger partial charge in [-0.2, -0.15) is 0 Å². The van der Waals surface area contributed by atoms with Crippen molar-refractivity contribution < 1.29 is 22.8 Å². The Labute approximate surface area is 152 Å². The number of sulfone groups is 1. The highest BCUT2D eigenvalue weighted by Crippen LogP contribution is 2.45. The number of nitrogens with zero attached hydrogens (tertiary/aromatic N) is 1. The Kier molecular flexibility index (Phi) is 4.88. The third kappa shape index (κ3) is 3.65. The highest BCUT2D eigenvalue weighted by atomic mass is 32.2. The number of anilines is 1. The largest absolute Gasteiger partial charge is 0.324 e. The molecule has 1 aliphatic carbocycles. The van der Waals surface area contributed by atoms with Gasteiger partial charge in [-0.05, 0) is 31.0 Å². The molecular formula is C18H22N2O5S. The maximum Gasteiger partial charge on any atom is 0.244 e. The fourth-order valence-corrected chi connectivity index (χ4v) is 4.45. The van der Waals surface area contributed by atoms with E-state index in [1.165, 1.54) is 18.2 Å². The average Bonchev–Trinajstić information content (AvgIpc) is 2.79. The van der Waals surface area contributed by atoms with E-state index in [9.17, 15) is 22.8 Å². The molecule has 1 aromatic carbocycles. The summed E-state index contributed by atoms with van der Waals surface area (Å²) < 4.78 is 23.2. The van der Waals surface area contributed by atoms with Crippen LogP contribution in [0.5, 0.6) is 0 Å². The maximum atomic E-state index is 12.7. The van der Waals surface area contributed by atoms with Crippen LogP contribution in [0.25, 0.3) is 0 Å². The average molecular weight is 378 g/mol. The van der Waals surface area contributed by atoms with Crippen LogP contribution in [0.1, 0.15) is 38.5 Å². The molecule has 1 saturated heterocycles. The second-order valence-electron chi connectivity index (χ2n) is 7.15. The Bertz CT molecular complexity index is 856. The number of benzene rings is 1. The molecule has 140 valence electrons. The van der Waals surface area contributed by atoms with E-state index in [1.807, 2.05) is 0 Å². The lowest BCUT2D eigenvalue weighted by Crippen LogP contribution is -2.41. The first-order chi connectivity index (χ1) is 12.2. The second kappa shape index (κ2) is 6.83. The molecule has 2 aliphatic rings. The number of imide groups is 1. The summed E-state index contributed by atoms with van der Waals surface area (Å²) in [5, 5.41) is 2.56. The van der Waals surface area contributed by atoms with Crippen LogP contribution in [0.4, 0.5) is 5.69 Å². The molecular weight excluding hydrogens is 356 g/mol. The zero-order chi connectivity index (χ0) is 18.9. The van der Waals surface area contributed by atoms with Gasteiger partial charge < -0.3 is 5.32 Å². The quantitative estimate of drug-likeness (QED) is 0.804. The molecule has 0 unspecified atom stereocenters. The molecule has 1 N–H and O–H groups in total. The molecule has 1 aromatic rings. The summed E-state index contributed by atoms with van der Waals surface area (Å²) in [6, 6.07) is 5.87. The highest BCUT2D eigenvalue weighted by Gasteiger charge is 2.51. The molecule has 8 heteroatoms. The van der Waals surface area contributed by atoms with E-state index >= 15 is 0 Å². The standard InChI is InChI=1S/C18H22N2O5S/c1-26(24,25)14-7-5-6-13(10-14)19-15(21)12-20-16(22)11-18(17(20)23)8-3-2-4-9-18/h5-7,10H,2-4,8-9,11-12H2,1H3,(H,19,21). The van der Waals surface area contributed by atoms with E-state index in [2.05, 4.69) is 5.32 Å². The van der Waals surface area contributed by atoms with Crippen molar-refractivity contribution in [3.8, 4) is 0 Å². The van der Waals surface area contributed by atoms with Gasteiger partial charge in [-0.1, -0.05) is 25.3 Å². The van der Waals surface area contributed by atoms with Gasteiger partial charge in [-0.3, -0.25) is 19.3 Å². The van der Waals surface area contributed by atoms with Crippen molar-refractivity contribution in [1.29, 1.82) is 0 Å². The fraction of sp³-hybridized carbons (Fsp3) is 0.500. The van der Waals surface area contributed by atoms with Gasteiger partial charge in [-0.25, -0.2) is 8.42 Å². The molecule has 1 aliphatic heterocycles. The third-order valence-corrected chi connectivity index (χ3v) is 6.26. The van der Waals surface area contributed by atoms with Crippen molar-refractivity contribution in [2.75, 3.05) is 18.1 Å². The summed E-state index contributed by atoms with van der Waals surface area (Å²) in [5.74, 6) is -1.08. The van der Waals surface area contributed by atoms with E-state index in [0.717, 1.165) is 30.4 Å². The van der Waals surface area contributed by atoms with Gasteiger partial charge in [-0.15, -0.1) is 0 Å². The molecule has 3 rings (SSSR count). The minimum absolute atomic E-state index is 0.0878. The lowest BCUT2D eigenvalue weighted by Gasteiger charge is -2.30. The summed E-state index contributed by atoms with van der Waals surface area (Å²) in [4.78, 5) is 38.4. The number of carbonyl (C=O) groups excluding carboxylic acids is 3. The first-order valence-corrected chi connectivity index (χ1v) is 10.6. The van der Waals surface area contributed by atoms with Crippen LogP contribution in [0, 0.1) is 5.41 Å². The number of carbonyl (C=O) groups is 3.